The predicted molar refractivity (Wildman–Crippen MR) is 62.9 cm³/mol. The molecule has 1 aliphatic rings. The van der Waals surface area contributed by atoms with E-state index in [1.165, 1.54) is 18.3 Å². The van der Waals surface area contributed by atoms with Crippen LogP contribution in [0.3, 0.4) is 0 Å². The average molecular weight is 236 g/mol. The number of carbonyl (C=O) groups is 1. The third-order valence-electron chi connectivity index (χ3n) is 3.08. The Morgan fingerprint density at radius 2 is 2.41 bits per heavy atom. The minimum Gasteiger partial charge on any atom is -0.381 e. The number of amides is 1. The third kappa shape index (κ3) is 2.94. The highest BCUT2D eigenvalue weighted by molar-refractivity contribution is 5.93. The van der Waals surface area contributed by atoms with E-state index in [0.717, 1.165) is 13.0 Å². The molecule has 5 heteroatoms. The molecule has 1 amide bonds. The summed E-state index contributed by atoms with van der Waals surface area (Å²) in [6.45, 7) is 3.44. The Labute approximate surface area is 99.2 Å². The number of carbonyl (C=O) groups excluding carboxylic acids is 1. The van der Waals surface area contributed by atoms with Gasteiger partial charge in [-0.2, -0.15) is 0 Å². The van der Waals surface area contributed by atoms with Crippen LogP contribution in [0.2, 0.25) is 0 Å². The fourth-order valence-corrected chi connectivity index (χ4v) is 1.91. The highest BCUT2D eigenvalue weighted by Crippen LogP contribution is 2.16. The van der Waals surface area contributed by atoms with Crippen LogP contribution in [0.1, 0.15) is 23.7 Å². The predicted octanol–water partition coefficient (Wildman–Crippen LogP) is 0.530. The summed E-state index contributed by atoms with van der Waals surface area (Å²) < 4.78 is 5.28. The Bertz CT molecular complexity index is 429. The van der Waals surface area contributed by atoms with Crippen LogP contribution < -0.4 is 10.9 Å². The van der Waals surface area contributed by atoms with Crippen molar-refractivity contribution in [3.63, 3.8) is 0 Å². The SMILES string of the molecule is CC(NC(=O)c1ccc(=O)[nH]c1)C1CCOC1. The summed E-state index contributed by atoms with van der Waals surface area (Å²) in [7, 11) is 0. The van der Waals surface area contributed by atoms with Crippen LogP contribution in [-0.4, -0.2) is 30.1 Å². The molecular weight excluding hydrogens is 220 g/mol. The van der Waals surface area contributed by atoms with Crippen molar-refractivity contribution >= 4 is 5.91 Å². The van der Waals surface area contributed by atoms with Crippen LogP contribution >= 0.6 is 0 Å². The molecule has 2 atom stereocenters. The van der Waals surface area contributed by atoms with E-state index in [1.807, 2.05) is 6.92 Å². The fraction of sp³-hybridized carbons (Fsp3) is 0.500. The summed E-state index contributed by atoms with van der Waals surface area (Å²) >= 11 is 0. The molecule has 0 bridgehead atoms. The average Bonchev–Trinajstić information content (AvgIpc) is 2.83. The normalized spacial score (nSPS) is 21.1. The molecule has 2 heterocycles. The van der Waals surface area contributed by atoms with Gasteiger partial charge in [-0.15, -0.1) is 0 Å². The van der Waals surface area contributed by atoms with Crippen molar-refractivity contribution in [3.8, 4) is 0 Å². The number of hydrogen-bond acceptors (Lipinski definition) is 3. The second-order valence-corrected chi connectivity index (χ2v) is 4.33. The van der Waals surface area contributed by atoms with Gasteiger partial charge in [-0.3, -0.25) is 9.59 Å². The Kier molecular flexibility index (Phi) is 3.58. The van der Waals surface area contributed by atoms with E-state index in [1.54, 1.807) is 0 Å². The van der Waals surface area contributed by atoms with E-state index in [-0.39, 0.29) is 17.5 Å². The van der Waals surface area contributed by atoms with Gasteiger partial charge in [-0.05, 0) is 19.4 Å². The molecule has 1 aromatic heterocycles. The minimum atomic E-state index is -0.209. The van der Waals surface area contributed by atoms with Crippen LogP contribution in [0.15, 0.2) is 23.1 Å². The molecule has 0 saturated carbocycles. The number of ether oxygens (including phenoxy) is 1. The van der Waals surface area contributed by atoms with Crippen LogP contribution in [0.25, 0.3) is 0 Å². The Morgan fingerprint density at radius 1 is 1.59 bits per heavy atom. The lowest BCUT2D eigenvalue weighted by molar-refractivity contribution is 0.0922. The maximum absolute atomic E-state index is 11.8. The zero-order valence-electron chi connectivity index (χ0n) is 9.73. The third-order valence-corrected chi connectivity index (χ3v) is 3.08. The summed E-state index contributed by atoms with van der Waals surface area (Å²) in [5.41, 5.74) is 0.258. The fourth-order valence-electron chi connectivity index (χ4n) is 1.91. The first-order valence-corrected chi connectivity index (χ1v) is 5.74. The highest BCUT2D eigenvalue weighted by Gasteiger charge is 2.23. The molecule has 1 saturated heterocycles. The van der Waals surface area contributed by atoms with E-state index in [0.29, 0.717) is 18.1 Å². The van der Waals surface area contributed by atoms with Crippen molar-refractivity contribution in [2.24, 2.45) is 5.92 Å². The van der Waals surface area contributed by atoms with E-state index in [4.69, 9.17) is 4.74 Å². The molecule has 1 aliphatic heterocycles. The topological polar surface area (TPSA) is 71.2 Å². The number of hydrogen-bond donors (Lipinski definition) is 2. The molecular formula is C12H16N2O3. The van der Waals surface area contributed by atoms with Gasteiger partial charge in [0.25, 0.3) is 5.91 Å². The van der Waals surface area contributed by atoms with E-state index in [9.17, 15) is 9.59 Å². The van der Waals surface area contributed by atoms with Gasteiger partial charge in [-0.1, -0.05) is 0 Å². The summed E-state index contributed by atoms with van der Waals surface area (Å²) in [4.78, 5) is 25.2. The minimum absolute atomic E-state index is 0.0805. The largest absolute Gasteiger partial charge is 0.381 e. The quantitative estimate of drug-likeness (QED) is 0.804. The number of nitrogens with one attached hydrogen (secondary N) is 2. The molecule has 2 unspecified atom stereocenters. The molecule has 0 spiro atoms. The van der Waals surface area contributed by atoms with E-state index >= 15 is 0 Å². The molecule has 1 aromatic rings. The molecule has 0 radical (unpaired) electrons. The summed E-state index contributed by atoms with van der Waals surface area (Å²) in [5, 5.41) is 2.92. The monoisotopic (exact) mass is 236 g/mol. The van der Waals surface area contributed by atoms with Gasteiger partial charge >= 0.3 is 0 Å². The summed E-state index contributed by atoms with van der Waals surface area (Å²) in [5.74, 6) is 0.211. The Morgan fingerprint density at radius 3 is 3.00 bits per heavy atom. The molecule has 17 heavy (non-hydrogen) atoms. The smallest absolute Gasteiger partial charge is 0.252 e. The number of rotatable bonds is 3. The van der Waals surface area contributed by atoms with Crippen LogP contribution in [0, 0.1) is 5.92 Å². The second kappa shape index (κ2) is 5.14. The molecule has 0 aliphatic carbocycles. The first-order valence-electron chi connectivity index (χ1n) is 5.74. The van der Waals surface area contributed by atoms with E-state index < -0.39 is 0 Å². The summed E-state index contributed by atoms with van der Waals surface area (Å²) in [6.07, 6.45) is 2.41. The van der Waals surface area contributed by atoms with Gasteiger partial charge in [0, 0.05) is 30.8 Å². The molecule has 2 N–H and O–H groups in total. The molecule has 5 nitrogen and oxygen atoms in total. The van der Waals surface area contributed by atoms with Crippen molar-refractivity contribution in [3.05, 3.63) is 34.2 Å². The first-order chi connectivity index (χ1) is 8.16. The van der Waals surface area contributed by atoms with Gasteiger partial charge in [0.2, 0.25) is 5.56 Å². The Balaban J connectivity index is 1.96. The van der Waals surface area contributed by atoms with Crippen molar-refractivity contribution in [2.75, 3.05) is 13.2 Å². The molecule has 2 rings (SSSR count). The van der Waals surface area contributed by atoms with Crippen molar-refractivity contribution in [2.45, 2.75) is 19.4 Å². The second-order valence-electron chi connectivity index (χ2n) is 4.33. The van der Waals surface area contributed by atoms with Gasteiger partial charge in [0.05, 0.1) is 12.2 Å². The van der Waals surface area contributed by atoms with Gasteiger partial charge in [0.15, 0.2) is 0 Å². The van der Waals surface area contributed by atoms with Gasteiger partial charge in [-0.25, -0.2) is 0 Å². The number of pyridine rings is 1. The van der Waals surface area contributed by atoms with E-state index in [2.05, 4.69) is 10.3 Å². The maximum atomic E-state index is 11.8. The lowest BCUT2D eigenvalue weighted by Gasteiger charge is -2.19. The lowest BCUT2D eigenvalue weighted by Crippen LogP contribution is -2.38. The maximum Gasteiger partial charge on any atom is 0.252 e. The lowest BCUT2D eigenvalue weighted by atomic mass is 10.0. The molecule has 1 fully saturated rings. The zero-order valence-corrected chi connectivity index (χ0v) is 9.73. The standard InChI is InChI=1S/C12H16N2O3/c1-8(10-4-5-17-7-10)14-12(16)9-2-3-11(15)13-6-9/h2-3,6,8,10H,4-5,7H2,1H3,(H,13,15)(H,14,16). The zero-order chi connectivity index (χ0) is 12.3. The van der Waals surface area contributed by atoms with Gasteiger partial charge < -0.3 is 15.0 Å². The first kappa shape index (κ1) is 11.9. The van der Waals surface area contributed by atoms with Crippen molar-refractivity contribution in [1.82, 2.24) is 10.3 Å². The highest BCUT2D eigenvalue weighted by atomic mass is 16.5. The number of aromatic nitrogens is 1. The van der Waals surface area contributed by atoms with Crippen molar-refractivity contribution < 1.29 is 9.53 Å². The number of H-pyrrole nitrogens is 1. The van der Waals surface area contributed by atoms with Gasteiger partial charge in [0.1, 0.15) is 0 Å². The number of aromatic amines is 1. The molecule has 0 aromatic carbocycles. The van der Waals surface area contributed by atoms with Crippen molar-refractivity contribution in [1.29, 1.82) is 0 Å². The molecule has 92 valence electrons. The summed E-state index contributed by atoms with van der Waals surface area (Å²) in [6, 6.07) is 2.95. The van der Waals surface area contributed by atoms with Crippen LogP contribution in [0.4, 0.5) is 0 Å². The van der Waals surface area contributed by atoms with Crippen LogP contribution in [0.5, 0.6) is 0 Å². The van der Waals surface area contributed by atoms with Crippen LogP contribution in [-0.2, 0) is 4.74 Å². The Hall–Kier alpha value is -1.62.